The number of aromatic nitrogens is 1. The van der Waals surface area contributed by atoms with E-state index < -0.39 is 0 Å². The van der Waals surface area contributed by atoms with Gasteiger partial charge in [-0.15, -0.1) is 0 Å². The van der Waals surface area contributed by atoms with Crippen molar-refractivity contribution in [1.29, 1.82) is 0 Å². The highest BCUT2D eigenvalue weighted by atomic mass is 16.5. The highest BCUT2D eigenvalue weighted by Crippen LogP contribution is 2.27. The largest absolute Gasteiger partial charge is 0.488 e. The van der Waals surface area contributed by atoms with E-state index in [1.165, 1.54) is 0 Å². The molecule has 0 aliphatic carbocycles. The Morgan fingerprint density at radius 2 is 1.79 bits per heavy atom. The first-order valence-corrected chi connectivity index (χ1v) is 7.56. The van der Waals surface area contributed by atoms with Crippen molar-refractivity contribution in [2.24, 2.45) is 0 Å². The van der Waals surface area contributed by atoms with Crippen molar-refractivity contribution >= 4 is 6.29 Å². The van der Waals surface area contributed by atoms with E-state index in [2.05, 4.69) is 4.98 Å². The summed E-state index contributed by atoms with van der Waals surface area (Å²) in [5.74, 6) is 1.10. The summed E-state index contributed by atoms with van der Waals surface area (Å²) in [4.78, 5) is 15.5. The highest BCUT2D eigenvalue weighted by molar-refractivity contribution is 5.83. The van der Waals surface area contributed by atoms with Crippen molar-refractivity contribution in [3.63, 3.8) is 0 Å². The lowest BCUT2D eigenvalue weighted by Gasteiger charge is -2.11. The van der Waals surface area contributed by atoms with Gasteiger partial charge < -0.3 is 9.47 Å². The van der Waals surface area contributed by atoms with Crippen LogP contribution in [0.3, 0.4) is 0 Å². The van der Waals surface area contributed by atoms with Gasteiger partial charge in [-0.25, -0.2) is 4.98 Å². The van der Waals surface area contributed by atoms with Crippen LogP contribution < -0.4 is 9.47 Å². The third-order valence-electron chi connectivity index (χ3n) is 3.65. The van der Waals surface area contributed by atoms with Crippen LogP contribution >= 0.6 is 0 Å². The molecule has 3 aromatic rings. The van der Waals surface area contributed by atoms with Crippen LogP contribution in [0.25, 0.3) is 11.1 Å². The summed E-state index contributed by atoms with van der Waals surface area (Å²) in [6.07, 6.45) is 2.48. The van der Waals surface area contributed by atoms with Gasteiger partial charge in [-0.05, 0) is 34.9 Å². The lowest BCUT2D eigenvalue weighted by atomic mass is 10.0. The first kappa shape index (κ1) is 15.7. The van der Waals surface area contributed by atoms with Crippen LogP contribution in [-0.4, -0.2) is 18.4 Å². The zero-order valence-electron chi connectivity index (χ0n) is 13.3. The molecule has 3 rings (SSSR count). The van der Waals surface area contributed by atoms with Crippen LogP contribution in [0.1, 0.15) is 15.9 Å². The molecule has 0 spiro atoms. The fourth-order valence-electron chi connectivity index (χ4n) is 2.39. The molecule has 2 aromatic carbocycles. The normalized spacial score (nSPS) is 10.2. The fraction of sp³-hybridized carbons (Fsp3) is 0.100. The van der Waals surface area contributed by atoms with E-state index in [0.29, 0.717) is 23.8 Å². The Morgan fingerprint density at radius 3 is 2.54 bits per heavy atom. The second kappa shape index (κ2) is 7.42. The summed E-state index contributed by atoms with van der Waals surface area (Å²) in [6.45, 7) is 0.421. The molecule has 1 aromatic heterocycles. The third kappa shape index (κ3) is 3.60. The minimum atomic E-state index is 0.421. The van der Waals surface area contributed by atoms with Crippen LogP contribution in [0.5, 0.6) is 11.6 Å². The van der Waals surface area contributed by atoms with Gasteiger partial charge in [-0.3, -0.25) is 4.79 Å². The van der Waals surface area contributed by atoms with Crippen LogP contribution in [0.4, 0.5) is 0 Å². The molecule has 0 bridgehead atoms. The van der Waals surface area contributed by atoms with E-state index in [1.54, 1.807) is 13.3 Å². The summed E-state index contributed by atoms with van der Waals surface area (Å²) >= 11 is 0. The van der Waals surface area contributed by atoms with Crippen LogP contribution in [0, 0.1) is 0 Å². The molecular weight excluding hydrogens is 302 g/mol. The summed E-state index contributed by atoms with van der Waals surface area (Å²) in [6, 6.07) is 19.1. The van der Waals surface area contributed by atoms with Gasteiger partial charge in [0.15, 0.2) is 6.29 Å². The van der Waals surface area contributed by atoms with Crippen molar-refractivity contribution in [2.75, 3.05) is 7.11 Å². The second-order valence-corrected chi connectivity index (χ2v) is 5.23. The van der Waals surface area contributed by atoms with Gasteiger partial charge in [0.05, 0.1) is 12.7 Å². The number of pyridine rings is 1. The molecule has 0 unspecified atom stereocenters. The molecular formula is C20H17NO3. The van der Waals surface area contributed by atoms with Crippen molar-refractivity contribution in [2.45, 2.75) is 6.61 Å². The quantitative estimate of drug-likeness (QED) is 0.640. The number of rotatable bonds is 6. The molecule has 4 heteroatoms. The summed E-state index contributed by atoms with van der Waals surface area (Å²) in [5, 5.41) is 0. The Morgan fingerprint density at radius 1 is 1.00 bits per heavy atom. The first-order valence-electron chi connectivity index (χ1n) is 7.56. The predicted molar refractivity (Wildman–Crippen MR) is 92.4 cm³/mol. The van der Waals surface area contributed by atoms with Gasteiger partial charge in [-0.1, -0.05) is 36.4 Å². The van der Waals surface area contributed by atoms with E-state index in [1.807, 2.05) is 60.7 Å². The maximum absolute atomic E-state index is 11.4. The number of nitrogens with zero attached hydrogens (tertiary/aromatic N) is 1. The smallest absolute Gasteiger partial charge is 0.213 e. The summed E-state index contributed by atoms with van der Waals surface area (Å²) in [5.41, 5.74) is 3.40. The molecule has 0 fully saturated rings. The van der Waals surface area contributed by atoms with E-state index in [9.17, 15) is 4.79 Å². The number of methoxy groups -OCH3 is 1. The van der Waals surface area contributed by atoms with E-state index in [4.69, 9.17) is 9.47 Å². The van der Waals surface area contributed by atoms with Crippen LogP contribution in [-0.2, 0) is 6.61 Å². The Kier molecular flexibility index (Phi) is 4.87. The average molecular weight is 319 g/mol. The number of hydrogen-bond acceptors (Lipinski definition) is 4. The Bertz CT molecular complexity index is 831. The molecule has 4 nitrogen and oxygen atoms in total. The molecule has 0 saturated carbocycles. The highest BCUT2D eigenvalue weighted by Gasteiger charge is 2.07. The van der Waals surface area contributed by atoms with Crippen molar-refractivity contribution < 1.29 is 14.3 Å². The topological polar surface area (TPSA) is 48.4 Å². The molecule has 120 valence electrons. The average Bonchev–Trinajstić information content (AvgIpc) is 2.67. The molecule has 0 amide bonds. The molecule has 0 radical (unpaired) electrons. The molecule has 0 aliphatic rings. The van der Waals surface area contributed by atoms with Crippen LogP contribution in [0.15, 0.2) is 66.9 Å². The maximum atomic E-state index is 11.4. The van der Waals surface area contributed by atoms with Gasteiger partial charge in [0.25, 0.3) is 0 Å². The molecule has 24 heavy (non-hydrogen) atoms. The first-order chi connectivity index (χ1) is 11.8. The maximum Gasteiger partial charge on any atom is 0.213 e. The van der Waals surface area contributed by atoms with E-state index in [0.717, 1.165) is 23.0 Å². The second-order valence-electron chi connectivity index (χ2n) is 5.23. The lowest BCUT2D eigenvalue weighted by Crippen LogP contribution is -1.98. The minimum absolute atomic E-state index is 0.421. The number of benzene rings is 2. The number of hydrogen-bond donors (Lipinski definition) is 0. The Labute approximate surface area is 140 Å². The van der Waals surface area contributed by atoms with E-state index in [-0.39, 0.29) is 0 Å². The lowest BCUT2D eigenvalue weighted by molar-refractivity contribution is 0.111. The van der Waals surface area contributed by atoms with Crippen molar-refractivity contribution in [3.8, 4) is 22.8 Å². The summed E-state index contributed by atoms with van der Waals surface area (Å²) in [7, 11) is 1.57. The zero-order valence-corrected chi connectivity index (χ0v) is 13.3. The van der Waals surface area contributed by atoms with Crippen molar-refractivity contribution in [1.82, 2.24) is 4.98 Å². The zero-order chi connectivity index (χ0) is 16.8. The van der Waals surface area contributed by atoms with Crippen LogP contribution in [0.2, 0.25) is 0 Å². The predicted octanol–water partition coefficient (Wildman–Crippen LogP) is 4.15. The minimum Gasteiger partial charge on any atom is -0.488 e. The van der Waals surface area contributed by atoms with Gasteiger partial charge in [0.1, 0.15) is 12.4 Å². The number of aldehydes is 1. The third-order valence-corrected chi connectivity index (χ3v) is 3.65. The molecule has 0 saturated heterocycles. The van der Waals surface area contributed by atoms with Crippen molar-refractivity contribution in [3.05, 3.63) is 78.0 Å². The van der Waals surface area contributed by atoms with Gasteiger partial charge in [-0.2, -0.15) is 0 Å². The summed E-state index contributed by atoms with van der Waals surface area (Å²) < 4.78 is 10.9. The molecule has 0 atom stereocenters. The van der Waals surface area contributed by atoms with E-state index >= 15 is 0 Å². The Balaban J connectivity index is 1.83. The number of carbonyl (C=O) groups excluding carboxylic acids is 1. The number of carbonyl (C=O) groups is 1. The monoisotopic (exact) mass is 319 g/mol. The Hall–Kier alpha value is -3.14. The SMILES string of the molecule is COc1cc(-c2ccc(OCc3ccccc3)c(C=O)c2)ccn1. The molecule has 0 aliphatic heterocycles. The van der Waals surface area contributed by atoms with Gasteiger partial charge in [0.2, 0.25) is 5.88 Å². The van der Waals surface area contributed by atoms with Gasteiger partial charge in [0, 0.05) is 12.3 Å². The molecule has 0 N–H and O–H groups in total. The fourth-order valence-corrected chi connectivity index (χ4v) is 2.39. The number of ether oxygens (including phenoxy) is 2. The molecule has 1 heterocycles. The standard InChI is InChI=1S/C20H17NO3/c1-23-20-12-17(9-10-21-20)16-7-8-19(18(11-16)13-22)24-14-15-5-3-2-4-6-15/h2-13H,14H2,1H3. The van der Waals surface area contributed by atoms with Gasteiger partial charge >= 0.3 is 0 Å².